The summed E-state index contributed by atoms with van der Waals surface area (Å²) >= 11 is 0. The van der Waals surface area contributed by atoms with Gasteiger partial charge in [0.15, 0.2) is 5.69 Å². The third kappa shape index (κ3) is 5.46. The summed E-state index contributed by atoms with van der Waals surface area (Å²) in [5.74, 6) is 0.0233. The third-order valence-corrected chi connectivity index (χ3v) is 5.01. The Morgan fingerprint density at radius 1 is 1.09 bits per heavy atom. The number of carbonyl (C=O) groups is 2. The van der Waals surface area contributed by atoms with Gasteiger partial charge in [-0.1, -0.05) is 58.0 Å². The van der Waals surface area contributed by atoms with E-state index in [1.165, 1.54) is 7.11 Å². The number of nitrogens with one attached hydrogen (secondary N) is 2. The van der Waals surface area contributed by atoms with E-state index in [-0.39, 0.29) is 18.2 Å². The van der Waals surface area contributed by atoms with Crippen molar-refractivity contribution in [1.29, 1.82) is 0 Å². The highest BCUT2D eigenvalue weighted by molar-refractivity contribution is 6.11. The quantitative estimate of drug-likeness (QED) is 0.474. The molecule has 3 aromatic rings. The molecule has 7 heteroatoms. The number of ether oxygens (including phenoxy) is 1. The molecule has 3 rings (SSSR count). The summed E-state index contributed by atoms with van der Waals surface area (Å²) in [6.07, 6.45) is 1.97. The second kappa shape index (κ2) is 10.3. The van der Waals surface area contributed by atoms with Crippen LogP contribution >= 0.6 is 0 Å². The molecule has 0 saturated carbocycles. The average molecular weight is 437 g/mol. The molecule has 7 nitrogen and oxygen atoms in total. The summed E-state index contributed by atoms with van der Waals surface area (Å²) in [4.78, 5) is 30.4. The molecule has 0 aliphatic heterocycles. The number of rotatable bonds is 9. The molecule has 0 saturated heterocycles. The third-order valence-electron chi connectivity index (χ3n) is 5.01. The maximum absolute atomic E-state index is 12.9. The van der Waals surface area contributed by atoms with Gasteiger partial charge in [-0.25, -0.2) is 9.78 Å². The fourth-order valence-electron chi connectivity index (χ4n) is 3.59. The molecule has 0 spiro atoms. The van der Waals surface area contributed by atoms with Crippen LogP contribution in [0.2, 0.25) is 0 Å². The maximum Gasteiger partial charge on any atom is 0.356 e. The van der Waals surface area contributed by atoms with Gasteiger partial charge in [-0.15, -0.1) is 0 Å². The smallest absolute Gasteiger partial charge is 0.356 e. The average Bonchev–Trinajstić information content (AvgIpc) is 3.04. The minimum Gasteiger partial charge on any atom is -0.464 e. The monoisotopic (exact) mass is 436 g/mol. The second-order valence-electron chi connectivity index (χ2n) is 8.80. The van der Waals surface area contributed by atoms with Crippen molar-refractivity contribution in [3.63, 3.8) is 0 Å². The lowest BCUT2D eigenvalue weighted by Crippen LogP contribution is -2.19. The van der Waals surface area contributed by atoms with E-state index in [4.69, 9.17) is 4.74 Å². The van der Waals surface area contributed by atoms with Crippen LogP contribution in [0.3, 0.4) is 0 Å². The Bertz CT molecular complexity index is 1090. The van der Waals surface area contributed by atoms with E-state index >= 15 is 0 Å². The van der Waals surface area contributed by atoms with Crippen LogP contribution in [0.1, 0.15) is 43.7 Å². The van der Waals surface area contributed by atoms with E-state index in [2.05, 4.69) is 43.3 Å². The Morgan fingerprint density at radius 2 is 1.81 bits per heavy atom. The topological polar surface area (TPSA) is 85.2 Å². The highest BCUT2D eigenvalue weighted by atomic mass is 16.5. The van der Waals surface area contributed by atoms with Gasteiger partial charge in [0.25, 0.3) is 0 Å². The largest absolute Gasteiger partial charge is 0.464 e. The van der Waals surface area contributed by atoms with Crippen molar-refractivity contribution in [3.8, 4) is 0 Å². The van der Waals surface area contributed by atoms with Crippen molar-refractivity contribution in [2.45, 2.75) is 40.7 Å². The first-order chi connectivity index (χ1) is 15.3. The van der Waals surface area contributed by atoms with Crippen LogP contribution in [-0.2, 0) is 22.5 Å². The number of carbonyl (C=O) groups excluding carboxylic acids is 2. The number of fused-ring (bicyclic) bond motifs is 1. The van der Waals surface area contributed by atoms with Gasteiger partial charge in [0.2, 0.25) is 5.91 Å². The van der Waals surface area contributed by atoms with Gasteiger partial charge in [-0.2, -0.15) is 0 Å². The number of benzene rings is 1. The maximum atomic E-state index is 12.9. The van der Waals surface area contributed by atoms with Crippen molar-refractivity contribution in [2.24, 2.45) is 11.8 Å². The Labute approximate surface area is 189 Å². The molecule has 1 amide bonds. The molecule has 170 valence electrons. The highest BCUT2D eigenvalue weighted by Gasteiger charge is 2.26. The van der Waals surface area contributed by atoms with E-state index in [0.29, 0.717) is 34.9 Å². The van der Waals surface area contributed by atoms with Crippen molar-refractivity contribution in [1.82, 2.24) is 9.55 Å². The number of methoxy groups -OCH3 is 1. The predicted octanol–water partition coefficient (Wildman–Crippen LogP) is 4.73. The van der Waals surface area contributed by atoms with Crippen molar-refractivity contribution < 1.29 is 14.3 Å². The highest BCUT2D eigenvalue weighted by Crippen LogP contribution is 2.33. The lowest BCUT2D eigenvalue weighted by molar-refractivity contribution is -0.115. The van der Waals surface area contributed by atoms with Gasteiger partial charge in [0, 0.05) is 18.5 Å². The summed E-state index contributed by atoms with van der Waals surface area (Å²) in [5, 5.41) is 7.05. The number of esters is 1. The van der Waals surface area contributed by atoms with Crippen LogP contribution in [-0.4, -0.2) is 35.1 Å². The molecular formula is C25H32N4O3. The zero-order valence-electron chi connectivity index (χ0n) is 19.4. The fourth-order valence-corrected chi connectivity index (χ4v) is 3.59. The molecule has 0 unspecified atom stereocenters. The van der Waals surface area contributed by atoms with Crippen LogP contribution in [0.15, 0.2) is 42.6 Å². The van der Waals surface area contributed by atoms with Gasteiger partial charge in [0.1, 0.15) is 5.65 Å². The molecule has 0 radical (unpaired) electrons. The van der Waals surface area contributed by atoms with Crippen molar-refractivity contribution >= 4 is 34.3 Å². The Kier molecular flexibility index (Phi) is 7.51. The molecule has 2 N–H and O–H groups in total. The molecule has 0 fully saturated rings. The Hall–Kier alpha value is -3.35. The Morgan fingerprint density at radius 3 is 2.44 bits per heavy atom. The number of anilines is 2. The SMILES string of the molecule is COC(=O)c1c(NC(=O)Cc2ccccc2)c2cc(NCC(C)C)cnc2n1CC(C)C. The normalized spacial score (nSPS) is 11.2. The minimum atomic E-state index is -0.504. The Balaban J connectivity index is 2.09. The van der Waals surface area contributed by atoms with E-state index < -0.39 is 5.97 Å². The van der Waals surface area contributed by atoms with Gasteiger partial charge < -0.3 is 19.9 Å². The minimum absolute atomic E-state index is 0.203. The van der Waals surface area contributed by atoms with Crippen LogP contribution in [0.4, 0.5) is 11.4 Å². The summed E-state index contributed by atoms with van der Waals surface area (Å²) in [6.45, 7) is 9.75. The molecule has 2 aromatic heterocycles. The lowest BCUT2D eigenvalue weighted by atomic mass is 10.1. The second-order valence-corrected chi connectivity index (χ2v) is 8.80. The lowest BCUT2D eigenvalue weighted by Gasteiger charge is -2.12. The van der Waals surface area contributed by atoms with Gasteiger partial charge in [-0.3, -0.25) is 4.79 Å². The molecule has 0 atom stereocenters. The molecule has 0 aliphatic carbocycles. The van der Waals surface area contributed by atoms with Crippen LogP contribution in [0.25, 0.3) is 11.0 Å². The van der Waals surface area contributed by atoms with E-state index in [0.717, 1.165) is 17.8 Å². The standard InChI is InChI=1S/C25H32N4O3/c1-16(2)13-26-19-12-20-22(28-21(30)11-18-9-7-6-8-10-18)23(25(31)32-5)29(15-17(3)4)24(20)27-14-19/h6-10,12,14,16-17,26H,11,13,15H2,1-5H3,(H,28,30). The van der Waals surface area contributed by atoms with Crippen molar-refractivity contribution in [3.05, 3.63) is 53.9 Å². The molecular weight excluding hydrogens is 404 g/mol. The molecule has 32 heavy (non-hydrogen) atoms. The molecule has 0 bridgehead atoms. The molecule has 1 aromatic carbocycles. The fraction of sp³-hybridized carbons (Fsp3) is 0.400. The van der Waals surface area contributed by atoms with Gasteiger partial charge >= 0.3 is 5.97 Å². The number of pyridine rings is 1. The number of nitrogens with zero attached hydrogens (tertiary/aromatic N) is 2. The van der Waals surface area contributed by atoms with Crippen LogP contribution in [0, 0.1) is 11.8 Å². The van der Waals surface area contributed by atoms with Crippen LogP contribution < -0.4 is 10.6 Å². The van der Waals surface area contributed by atoms with E-state index in [1.54, 1.807) is 6.20 Å². The number of hydrogen-bond acceptors (Lipinski definition) is 5. The van der Waals surface area contributed by atoms with Gasteiger partial charge in [-0.05, 0) is 23.5 Å². The summed E-state index contributed by atoms with van der Waals surface area (Å²) in [7, 11) is 1.35. The first-order valence-corrected chi connectivity index (χ1v) is 11.0. The molecule has 2 heterocycles. The predicted molar refractivity (Wildman–Crippen MR) is 128 cm³/mol. The summed E-state index contributed by atoms with van der Waals surface area (Å²) < 4.78 is 6.93. The summed E-state index contributed by atoms with van der Waals surface area (Å²) in [6, 6.07) is 11.4. The van der Waals surface area contributed by atoms with Crippen LogP contribution in [0.5, 0.6) is 0 Å². The number of aromatic nitrogens is 2. The van der Waals surface area contributed by atoms with E-state index in [9.17, 15) is 9.59 Å². The zero-order chi connectivity index (χ0) is 23.3. The van der Waals surface area contributed by atoms with E-state index in [1.807, 2.05) is 41.0 Å². The van der Waals surface area contributed by atoms with Gasteiger partial charge in [0.05, 0.1) is 31.1 Å². The molecule has 0 aliphatic rings. The van der Waals surface area contributed by atoms with Crippen molar-refractivity contribution in [2.75, 3.05) is 24.3 Å². The number of amides is 1. The number of hydrogen-bond donors (Lipinski definition) is 2. The zero-order valence-corrected chi connectivity index (χ0v) is 19.4. The summed E-state index contributed by atoms with van der Waals surface area (Å²) in [5.41, 5.74) is 3.13. The first-order valence-electron chi connectivity index (χ1n) is 11.0. The first kappa shape index (κ1) is 23.3.